The summed E-state index contributed by atoms with van der Waals surface area (Å²) in [6.45, 7) is 2.38. The van der Waals surface area contributed by atoms with E-state index in [1.165, 1.54) is 6.92 Å². The molecule has 86 valence electrons. The molecule has 2 N–H and O–H groups in total. The van der Waals surface area contributed by atoms with Crippen molar-refractivity contribution in [3.63, 3.8) is 0 Å². The highest BCUT2D eigenvalue weighted by Crippen LogP contribution is 2.23. The SMILES string of the molecule is CCOC(=O)C1=[N+]([O-])O[C@@](C)(CO)[C@H]1O. The summed E-state index contributed by atoms with van der Waals surface area (Å²) in [5, 5.41) is 29.7. The van der Waals surface area contributed by atoms with Gasteiger partial charge in [-0.15, -0.1) is 0 Å². The number of aliphatic hydroxyl groups is 2. The molecule has 0 unspecified atom stereocenters. The molecule has 7 nitrogen and oxygen atoms in total. The lowest BCUT2D eigenvalue weighted by molar-refractivity contribution is -0.752. The van der Waals surface area contributed by atoms with Crippen molar-refractivity contribution in [2.24, 2.45) is 0 Å². The molecule has 0 fully saturated rings. The molecule has 1 aliphatic heterocycles. The van der Waals surface area contributed by atoms with Gasteiger partial charge in [0.25, 0.3) is 0 Å². The van der Waals surface area contributed by atoms with E-state index in [0.717, 1.165) is 0 Å². The molecule has 0 aliphatic carbocycles. The maximum Gasteiger partial charge on any atom is 0.408 e. The van der Waals surface area contributed by atoms with Gasteiger partial charge in [0, 0.05) is 0 Å². The summed E-state index contributed by atoms with van der Waals surface area (Å²) in [6.07, 6.45) is -1.50. The third-order valence-electron chi connectivity index (χ3n) is 2.12. The van der Waals surface area contributed by atoms with E-state index in [2.05, 4.69) is 9.57 Å². The first-order chi connectivity index (χ1) is 6.96. The van der Waals surface area contributed by atoms with Crippen LogP contribution in [0, 0.1) is 5.21 Å². The molecule has 0 aromatic rings. The van der Waals surface area contributed by atoms with Gasteiger partial charge in [-0.3, -0.25) is 5.21 Å². The third kappa shape index (κ3) is 1.88. The van der Waals surface area contributed by atoms with Crippen molar-refractivity contribution >= 4 is 11.7 Å². The van der Waals surface area contributed by atoms with Gasteiger partial charge in [-0.25, -0.2) is 4.79 Å². The Hall–Kier alpha value is -1.34. The molecule has 0 aromatic carbocycles. The third-order valence-corrected chi connectivity index (χ3v) is 2.12. The van der Waals surface area contributed by atoms with Gasteiger partial charge in [0.05, 0.1) is 18.1 Å². The molecule has 0 aromatic heterocycles. The van der Waals surface area contributed by atoms with Crippen LogP contribution in [0.15, 0.2) is 0 Å². The van der Waals surface area contributed by atoms with Crippen molar-refractivity contribution in [3.8, 4) is 0 Å². The first-order valence-electron chi connectivity index (χ1n) is 4.45. The topological polar surface area (TPSA) is 102 Å². The van der Waals surface area contributed by atoms with Gasteiger partial charge < -0.3 is 19.8 Å². The van der Waals surface area contributed by atoms with Crippen LogP contribution in [-0.4, -0.2) is 51.7 Å². The van der Waals surface area contributed by atoms with Crippen molar-refractivity contribution < 1.29 is 29.5 Å². The molecule has 15 heavy (non-hydrogen) atoms. The summed E-state index contributed by atoms with van der Waals surface area (Å²) in [7, 11) is 0. The lowest BCUT2D eigenvalue weighted by Gasteiger charge is -2.24. The van der Waals surface area contributed by atoms with Crippen LogP contribution in [0.4, 0.5) is 0 Å². The molecular weight excluding hydrogens is 206 g/mol. The van der Waals surface area contributed by atoms with E-state index >= 15 is 0 Å². The lowest BCUT2D eigenvalue weighted by atomic mass is 9.97. The van der Waals surface area contributed by atoms with Gasteiger partial charge in [-0.2, -0.15) is 0 Å². The quantitative estimate of drug-likeness (QED) is 0.445. The van der Waals surface area contributed by atoms with Crippen molar-refractivity contribution in [1.82, 2.24) is 0 Å². The van der Waals surface area contributed by atoms with Gasteiger partial charge >= 0.3 is 11.7 Å². The molecule has 1 rings (SSSR count). The minimum absolute atomic E-state index is 0.0821. The van der Waals surface area contributed by atoms with Gasteiger partial charge in [-0.05, 0) is 13.8 Å². The van der Waals surface area contributed by atoms with E-state index in [-0.39, 0.29) is 11.5 Å². The van der Waals surface area contributed by atoms with Crippen LogP contribution < -0.4 is 0 Å². The zero-order valence-corrected chi connectivity index (χ0v) is 8.47. The Morgan fingerprint density at radius 2 is 2.40 bits per heavy atom. The van der Waals surface area contributed by atoms with Crippen LogP contribution in [0.25, 0.3) is 0 Å². The van der Waals surface area contributed by atoms with E-state index in [9.17, 15) is 15.1 Å². The molecule has 0 amide bonds. The highest BCUT2D eigenvalue weighted by Gasteiger charge is 2.52. The maximum atomic E-state index is 11.2. The fourth-order valence-electron chi connectivity index (χ4n) is 1.18. The standard InChI is InChI=1S/C8H13NO6/c1-3-14-7(12)5-6(11)8(2,4-10)15-9(5)13/h6,10-11H,3-4H2,1-2H3/t6-,8-/m0/s1. The molecule has 0 radical (unpaired) electrons. The van der Waals surface area contributed by atoms with Crippen molar-refractivity contribution in [3.05, 3.63) is 5.21 Å². The second kappa shape index (κ2) is 4.03. The molecule has 0 saturated carbocycles. The van der Waals surface area contributed by atoms with Crippen LogP contribution in [0.5, 0.6) is 0 Å². The highest BCUT2D eigenvalue weighted by atomic mass is 16.9. The zero-order valence-electron chi connectivity index (χ0n) is 8.47. The number of carbonyl (C=O) groups excluding carboxylic acids is 1. The fourth-order valence-corrected chi connectivity index (χ4v) is 1.18. The second-order valence-electron chi connectivity index (χ2n) is 3.33. The fraction of sp³-hybridized carbons (Fsp3) is 0.750. The Morgan fingerprint density at radius 3 is 2.80 bits per heavy atom. The van der Waals surface area contributed by atoms with Gasteiger partial charge in [0.1, 0.15) is 5.60 Å². The Balaban J connectivity index is 2.90. The lowest BCUT2D eigenvalue weighted by Crippen LogP contribution is -2.46. The number of esters is 1. The Labute approximate surface area is 86.1 Å². The minimum atomic E-state index is -1.50. The van der Waals surface area contributed by atoms with E-state index in [1.54, 1.807) is 6.92 Å². The van der Waals surface area contributed by atoms with Gasteiger partial charge in [0.2, 0.25) is 0 Å². The molecule has 2 atom stereocenters. The first-order valence-corrected chi connectivity index (χ1v) is 4.45. The summed E-state index contributed by atoms with van der Waals surface area (Å²) < 4.78 is 4.57. The van der Waals surface area contributed by atoms with Crippen molar-refractivity contribution in [2.45, 2.75) is 25.6 Å². The maximum absolute atomic E-state index is 11.2. The average molecular weight is 219 g/mol. The number of nitrogens with zero attached hydrogens (tertiary/aromatic N) is 1. The minimum Gasteiger partial charge on any atom is -0.458 e. The number of rotatable bonds is 3. The highest BCUT2D eigenvalue weighted by molar-refractivity contribution is 6.36. The van der Waals surface area contributed by atoms with Crippen LogP contribution in [0.1, 0.15) is 13.8 Å². The van der Waals surface area contributed by atoms with E-state index in [0.29, 0.717) is 0 Å². The van der Waals surface area contributed by atoms with Crippen LogP contribution in [0.3, 0.4) is 0 Å². The number of hydrogen-bond acceptors (Lipinski definition) is 6. The molecule has 7 heteroatoms. The molecule has 0 spiro atoms. The molecule has 1 aliphatic rings. The number of ether oxygens (including phenoxy) is 1. The average Bonchev–Trinajstić information content (AvgIpc) is 2.39. The monoisotopic (exact) mass is 219 g/mol. The van der Waals surface area contributed by atoms with Gasteiger partial charge in [-0.1, -0.05) is 0 Å². The summed E-state index contributed by atoms with van der Waals surface area (Å²) in [5.41, 5.74) is -2.04. The summed E-state index contributed by atoms with van der Waals surface area (Å²) in [4.78, 5) is 15.8. The van der Waals surface area contributed by atoms with Crippen LogP contribution >= 0.6 is 0 Å². The predicted molar refractivity (Wildman–Crippen MR) is 47.9 cm³/mol. The normalized spacial score (nSPS) is 30.3. The van der Waals surface area contributed by atoms with Crippen LogP contribution in [-0.2, 0) is 14.4 Å². The summed E-state index contributed by atoms with van der Waals surface area (Å²) in [6, 6.07) is 0. The smallest absolute Gasteiger partial charge is 0.408 e. The number of carbonyl (C=O) groups is 1. The molecule has 1 heterocycles. The van der Waals surface area contributed by atoms with Crippen LogP contribution in [0.2, 0.25) is 0 Å². The van der Waals surface area contributed by atoms with Gasteiger partial charge in [0.15, 0.2) is 6.10 Å². The van der Waals surface area contributed by atoms with E-state index in [1.807, 2.05) is 0 Å². The summed E-state index contributed by atoms with van der Waals surface area (Å²) in [5.74, 6) is -0.947. The largest absolute Gasteiger partial charge is 0.458 e. The Bertz CT molecular complexity index is 302. The predicted octanol–water partition coefficient (Wildman–Crippen LogP) is -1.44. The van der Waals surface area contributed by atoms with E-state index in [4.69, 9.17) is 5.11 Å². The Kier molecular flexibility index (Phi) is 3.15. The molecule has 0 saturated heterocycles. The molecule has 0 bridgehead atoms. The zero-order chi connectivity index (χ0) is 11.6. The Morgan fingerprint density at radius 1 is 1.80 bits per heavy atom. The number of aliphatic hydroxyl groups excluding tert-OH is 2. The first kappa shape index (κ1) is 11.7. The van der Waals surface area contributed by atoms with E-state index < -0.39 is 30.0 Å². The molecular formula is C8H13NO6. The summed E-state index contributed by atoms with van der Waals surface area (Å²) >= 11 is 0. The van der Waals surface area contributed by atoms with Crippen molar-refractivity contribution in [1.29, 1.82) is 0 Å². The van der Waals surface area contributed by atoms with Crippen molar-refractivity contribution in [2.75, 3.05) is 13.2 Å². The number of hydrogen-bond donors (Lipinski definition) is 2. The second-order valence-corrected chi connectivity index (χ2v) is 3.33.